The van der Waals surface area contributed by atoms with Gasteiger partial charge in [0.2, 0.25) is 0 Å². The second-order valence-corrected chi connectivity index (χ2v) is 8.39. The lowest BCUT2D eigenvalue weighted by atomic mass is 9.87. The van der Waals surface area contributed by atoms with Gasteiger partial charge < -0.3 is 9.64 Å². The summed E-state index contributed by atoms with van der Waals surface area (Å²) < 4.78 is 5.12. The fraction of sp³-hybridized carbons (Fsp3) is 0.409. The number of esters is 1. The highest BCUT2D eigenvalue weighted by molar-refractivity contribution is 7.14. The third-order valence-electron chi connectivity index (χ3n) is 5.13. The molecule has 1 aromatic carbocycles. The summed E-state index contributed by atoms with van der Waals surface area (Å²) in [5, 5.41) is 0. The maximum atomic E-state index is 12.5. The number of carbonyl (C=O) groups excluding carboxylic acids is 3. The predicted molar refractivity (Wildman–Crippen MR) is 108 cm³/mol. The van der Waals surface area contributed by atoms with Gasteiger partial charge in [-0.2, -0.15) is 0 Å². The maximum Gasteiger partial charge on any atom is 0.306 e. The molecule has 1 atom stereocenters. The molecule has 0 spiro atoms. The van der Waals surface area contributed by atoms with Crippen molar-refractivity contribution in [2.75, 3.05) is 13.7 Å². The number of ether oxygens (including phenoxy) is 1. The molecule has 3 rings (SSSR count). The Bertz CT molecular complexity index is 873. The minimum absolute atomic E-state index is 0.0137. The topological polar surface area (TPSA) is 63.7 Å². The van der Waals surface area contributed by atoms with E-state index in [9.17, 15) is 14.4 Å². The molecule has 0 saturated carbocycles. The molecule has 2 aromatic rings. The van der Waals surface area contributed by atoms with E-state index in [2.05, 4.69) is 12.1 Å². The number of fused-ring (bicyclic) bond motifs is 1. The third-order valence-corrected chi connectivity index (χ3v) is 6.17. The summed E-state index contributed by atoms with van der Waals surface area (Å²) in [6.45, 7) is 1.64. The molecular formula is C22H25NO4S. The van der Waals surface area contributed by atoms with Crippen LogP contribution in [0.3, 0.4) is 0 Å². The molecule has 5 nitrogen and oxygen atoms in total. The van der Waals surface area contributed by atoms with Crippen molar-refractivity contribution in [3.8, 4) is 0 Å². The number of amides is 1. The zero-order valence-electron chi connectivity index (χ0n) is 16.3. The first-order chi connectivity index (χ1) is 13.5. The first-order valence-corrected chi connectivity index (χ1v) is 10.4. The van der Waals surface area contributed by atoms with Gasteiger partial charge in [0.25, 0.3) is 5.91 Å². The molecule has 0 saturated heterocycles. The number of thiophene rings is 1. The van der Waals surface area contributed by atoms with Crippen molar-refractivity contribution in [3.63, 3.8) is 0 Å². The van der Waals surface area contributed by atoms with Gasteiger partial charge in [-0.3, -0.25) is 14.4 Å². The highest BCUT2D eigenvalue weighted by atomic mass is 32.1. The zero-order chi connectivity index (χ0) is 20.1. The van der Waals surface area contributed by atoms with E-state index in [-0.39, 0.29) is 37.2 Å². The molecule has 0 aliphatic heterocycles. The molecular weight excluding hydrogens is 374 g/mol. The second-order valence-electron chi connectivity index (χ2n) is 7.11. The van der Waals surface area contributed by atoms with Crippen LogP contribution in [-0.4, -0.2) is 36.2 Å². The zero-order valence-corrected chi connectivity index (χ0v) is 17.1. The fourth-order valence-corrected chi connectivity index (χ4v) is 4.38. The van der Waals surface area contributed by atoms with Crippen LogP contribution in [0.15, 0.2) is 36.4 Å². The lowest BCUT2D eigenvalue weighted by Gasteiger charge is -2.33. The van der Waals surface area contributed by atoms with E-state index < -0.39 is 5.97 Å². The molecule has 0 unspecified atom stereocenters. The Kier molecular flexibility index (Phi) is 6.62. The van der Waals surface area contributed by atoms with E-state index >= 15 is 0 Å². The van der Waals surface area contributed by atoms with E-state index in [1.807, 2.05) is 25.1 Å². The van der Waals surface area contributed by atoms with Gasteiger partial charge in [0.05, 0.1) is 17.3 Å². The Morgan fingerprint density at radius 1 is 1.14 bits per heavy atom. The van der Waals surface area contributed by atoms with Crippen molar-refractivity contribution >= 4 is 29.0 Å². The van der Waals surface area contributed by atoms with Gasteiger partial charge in [-0.15, -0.1) is 11.3 Å². The van der Waals surface area contributed by atoms with Crippen LogP contribution in [0.4, 0.5) is 0 Å². The minimum Gasteiger partial charge on any atom is -0.456 e. The largest absolute Gasteiger partial charge is 0.456 e. The Hall–Kier alpha value is -2.47. The molecule has 0 bridgehead atoms. The highest BCUT2D eigenvalue weighted by Crippen LogP contribution is 2.33. The quantitative estimate of drug-likeness (QED) is 0.519. The summed E-state index contributed by atoms with van der Waals surface area (Å²) in [5.74, 6) is -0.819. The highest BCUT2D eigenvalue weighted by Gasteiger charge is 2.27. The molecule has 1 amide bonds. The molecule has 0 N–H and O–H groups in total. The third kappa shape index (κ3) is 4.87. The predicted octanol–water partition coefficient (Wildman–Crippen LogP) is 4.10. The van der Waals surface area contributed by atoms with Crippen LogP contribution >= 0.6 is 11.3 Å². The van der Waals surface area contributed by atoms with E-state index in [1.54, 1.807) is 18.0 Å². The van der Waals surface area contributed by atoms with Crippen molar-refractivity contribution in [2.45, 2.75) is 45.1 Å². The average molecular weight is 400 g/mol. The van der Waals surface area contributed by atoms with Crippen molar-refractivity contribution in [3.05, 3.63) is 57.3 Å². The molecule has 1 aromatic heterocycles. The lowest BCUT2D eigenvalue weighted by Crippen LogP contribution is -2.36. The SMILES string of the molecule is Cc1ccc(C(=O)CCC(=O)OCC(=O)N(C)[C@@H]2CCCc3ccccc32)s1. The molecule has 28 heavy (non-hydrogen) atoms. The summed E-state index contributed by atoms with van der Waals surface area (Å²) in [6.07, 6.45) is 3.05. The lowest BCUT2D eigenvalue weighted by molar-refractivity contribution is -0.152. The van der Waals surface area contributed by atoms with Crippen LogP contribution in [-0.2, 0) is 20.7 Å². The van der Waals surface area contributed by atoms with Gasteiger partial charge in [-0.05, 0) is 49.4 Å². The Labute approximate surface area is 169 Å². The van der Waals surface area contributed by atoms with Crippen LogP contribution in [0.2, 0.25) is 0 Å². The van der Waals surface area contributed by atoms with Gasteiger partial charge in [0.15, 0.2) is 12.4 Å². The van der Waals surface area contributed by atoms with Crippen LogP contribution in [0.25, 0.3) is 0 Å². The minimum atomic E-state index is -0.521. The second kappa shape index (κ2) is 9.15. The van der Waals surface area contributed by atoms with E-state index in [4.69, 9.17) is 4.74 Å². The first kappa shape index (κ1) is 20.3. The van der Waals surface area contributed by atoms with E-state index in [0.29, 0.717) is 4.88 Å². The van der Waals surface area contributed by atoms with Crippen LogP contribution in [0, 0.1) is 6.92 Å². The van der Waals surface area contributed by atoms with Crippen LogP contribution in [0.1, 0.15) is 57.4 Å². The number of carbonyl (C=O) groups is 3. The monoisotopic (exact) mass is 399 g/mol. The normalized spacial score (nSPS) is 15.6. The summed E-state index contributed by atoms with van der Waals surface area (Å²) in [5.41, 5.74) is 2.45. The van der Waals surface area contributed by atoms with Crippen molar-refractivity contribution in [2.24, 2.45) is 0 Å². The summed E-state index contributed by atoms with van der Waals surface area (Å²) >= 11 is 1.42. The number of benzene rings is 1. The van der Waals surface area contributed by atoms with Crippen LogP contribution < -0.4 is 0 Å². The molecule has 148 valence electrons. The van der Waals surface area contributed by atoms with Crippen LogP contribution in [0.5, 0.6) is 0 Å². The molecule has 1 aliphatic rings. The summed E-state index contributed by atoms with van der Waals surface area (Å²) in [4.78, 5) is 39.9. The number of nitrogens with zero attached hydrogens (tertiary/aromatic N) is 1. The van der Waals surface area contributed by atoms with E-state index in [1.165, 1.54) is 22.5 Å². The molecule has 0 fully saturated rings. The van der Waals surface area contributed by atoms with Crippen molar-refractivity contribution < 1.29 is 19.1 Å². The number of aryl methyl sites for hydroxylation is 2. The first-order valence-electron chi connectivity index (χ1n) is 9.54. The summed E-state index contributed by atoms with van der Waals surface area (Å²) in [7, 11) is 1.76. The van der Waals surface area contributed by atoms with Gasteiger partial charge in [0, 0.05) is 18.3 Å². The fourth-order valence-electron chi connectivity index (χ4n) is 3.54. The Morgan fingerprint density at radius 3 is 2.68 bits per heavy atom. The van der Waals surface area contributed by atoms with Crippen molar-refractivity contribution in [1.29, 1.82) is 0 Å². The van der Waals surface area contributed by atoms with Gasteiger partial charge in [-0.1, -0.05) is 24.3 Å². The number of rotatable bonds is 7. The van der Waals surface area contributed by atoms with Gasteiger partial charge in [-0.25, -0.2) is 0 Å². The number of hydrogen-bond donors (Lipinski definition) is 0. The van der Waals surface area contributed by atoms with Crippen molar-refractivity contribution in [1.82, 2.24) is 4.90 Å². The average Bonchev–Trinajstić information content (AvgIpc) is 3.15. The van der Waals surface area contributed by atoms with E-state index in [0.717, 1.165) is 24.1 Å². The molecule has 1 aliphatic carbocycles. The number of ketones is 1. The molecule has 1 heterocycles. The Morgan fingerprint density at radius 2 is 1.93 bits per heavy atom. The number of likely N-dealkylation sites (N-methyl/N-ethyl adjacent to an activating group) is 1. The number of hydrogen-bond acceptors (Lipinski definition) is 5. The Balaban J connectivity index is 1.47. The van der Waals surface area contributed by atoms with Gasteiger partial charge in [0.1, 0.15) is 0 Å². The van der Waals surface area contributed by atoms with Gasteiger partial charge >= 0.3 is 5.97 Å². The summed E-state index contributed by atoms with van der Waals surface area (Å²) in [6, 6.07) is 11.8. The standard InChI is InChI=1S/C22H25NO4S/c1-15-10-12-20(28-15)19(24)11-13-22(26)27-14-21(25)23(2)18-9-5-7-16-6-3-4-8-17(16)18/h3-4,6,8,10,12,18H,5,7,9,11,13-14H2,1-2H3/t18-/m1/s1. The molecule has 6 heteroatoms. The maximum absolute atomic E-state index is 12.5. The number of Topliss-reactive ketones (excluding diaryl/α,β-unsaturated/α-hetero) is 1. The molecule has 0 radical (unpaired) electrons. The smallest absolute Gasteiger partial charge is 0.306 e.